The third-order valence-corrected chi connectivity index (χ3v) is 3.39. The van der Waals surface area contributed by atoms with Gasteiger partial charge in [0, 0.05) is 6.54 Å². The summed E-state index contributed by atoms with van der Waals surface area (Å²) in [6, 6.07) is 18.8. The molecule has 114 valence electrons. The normalized spacial score (nSPS) is 10.3. The van der Waals surface area contributed by atoms with Gasteiger partial charge in [0.2, 0.25) is 5.82 Å². The molecule has 1 aromatic heterocycles. The SMILES string of the molecule is O=[N+]([O-])c1c(-c2ccccc2)cnnc1NCc1ccccc1. The van der Waals surface area contributed by atoms with E-state index in [1.54, 1.807) is 0 Å². The highest BCUT2D eigenvalue weighted by atomic mass is 16.6. The highest BCUT2D eigenvalue weighted by Gasteiger charge is 2.23. The summed E-state index contributed by atoms with van der Waals surface area (Å²) >= 11 is 0. The summed E-state index contributed by atoms with van der Waals surface area (Å²) in [4.78, 5) is 11.1. The first-order valence-electron chi connectivity index (χ1n) is 7.09. The quantitative estimate of drug-likeness (QED) is 0.574. The number of aromatic nitrogens is 2. The van der Waals surface area contributed by atoms with Gasteiger partial charge >= 0.3 is 5.69 Å². The Bertz CT molecular complexity index is 807. The maximum absolute atomic E-state index is 11.5. The van der Waals surface area contributed by atoms with Crippen molar-refractivity contribution in [3.05, 3.63) is 82.5 Å². The molecule has 23 heavy (non-hydrogen) atoms. The average molecular weight is 306 g/mol. The van der Waals surface area contributed by atoms with E-state index in [2.05, 4.69) is 15.5 Å². The van der Waals surface area contributed by atoms with Gasteiger partial charge in [-0.25, -0.2) is 0 Å². The van der Waals surface area contributed by atoms with E-state index in [0.29, 0.717) is 12.1 Å². The van der Waals surface area contributed by atoms with E-state index in [1.807, 2.05) is 60.7 Å². The standard InChI is InChI=1S/C17H14N4O2/c22-21(23)16-15(14-9-5-2-6-10-14)12-19-20-17(16)18-11-13-7-3-1-4-8-13/h1-10,12H,11H2,(H,18,20). The molecule has 0 radical (unpaired) electrons. The molecule has 2 aromatic carbocycles. The van der Waals surface area contributed by atoms with Gasteiger partial charge in [-0.15, -0.1) is 5.10 Å². The lowest BCUT2D eigenvalue weighted by Crippen LogP contribution is -2.07. The van der Waals surface area contributed by atoms with Crippen LogP contribution in [0.3, 0.4) is 0 Å². The summed E-state index contributed by atoms with van der Waals surface area (Å²) in [7, 11) is 0. The maximum Gasteiger partial charge on any atom is 0.322 e. The third kappa shape index (κ3) is 3.32. The molecule has 6 nitrogen and oxygen atoms in total. The van der Waals surface area contributed by atoms with E-state index in [-0.39, 0.29) is 11.5 Å². The Balaban J connectivity index is 1.96. The van der Waals surface area contributed by atoms with Gasteiger partial charge < -0.3 is 5.32 Å². The first-order chi connectivity index (χ1) is 11.3. The van der Waals surface area contributed by atoms with E-state index in [9.17, 15) is 10.1 Å². The van der Waals surface area contributed by atoms with Gasteiger partial charge in [-0.1, -0.05) is 60.7 Å². The lowest BCUT2D eigenvalue weighted by molar-refractivity contribution is -0.383. The smallest absolute Gasteiger partial charge is 0.322 e. The van der Waals surface area contributed by atoms with Gasteiger partial charge in [-0.05, 0) is 11.1 Å². The van der Waals surface area contributed by atoms with E-state index in [4.69, 9.17) is 0 Å². The van der Waals surface area contributed by atoms with Gasteiger partial charge in [0.15, 0.2) is 0 Å². The molecule has 0 amide bonds. The van der Waals surface area contributed by atoms with Crippen LogP contribution in [0.2, 0.25) is 0 Å². The first kappa shape index (κ1) is 14.6. The Kier molecular flexibility index (Phi) is 4.24. The molecule has 0 aliphatic heterocycles. The van der Waals surface area contributed by atoms with Gasteiger partial charge in [0.1, 0.15) is 0 Å². The molecule has 0 aliphatic carbocycles. The maximum atomic E-state index is 11.5. The van der Waals surface area contributed by atoms with Crippen LogP contribution in [-0.4, -0.2) is 15.1 Å². The number of nitro groups is 1. The molecular weight excluding hydrogens is 292 g/mol. The van der Waals surface area contributed by atoms with Gasteiger partial charge in [-0.3, -0.25) is 10.1 Å². The summed E-state index contributed by atoms with van der Waals surface area (Å²) in [5, 5.41) is 22.3. The van der Waals surface area contributed by atoms with E-state index >= 15 is 0 Å². The van der Waals surface area contributed by atoms with Crippen molar-refractivity contribution in [2.45, 2.75) is 6.54 Å². The van der Waals surface area contributed by atoms with Crippen molar-refractivity contribution in [2.24, 2.45) is 0 Å². The number of nitrogens with one attached hydrogen (secondary N) is 1. The summed E-state index contributed by atoms with van der Waals surface area (Å²) in [5.74, 6) is 0.167. The van der Waals surface area contributed by atoms with Gasteiger partial charge in [-0.2, -0.15) is 5.10 Å². The molecule has 3 aromatic rings. The van der Waals surface area contributed by atoms with E-state index < -0.39 is 4.92 Å². The summed E-state index contributed by atoms with van der Waals surface area (Å²) in [6.45, 7) is 0.439. The topological polar surface area (TPSA) is 81.0 Å². The monoisotopic (exact) mass is 306 g/mol. The molecule has 1 N–H and O–H groups in total. The fraction of sp³-hybridized carbons (Fsp3) is 0.0588. The zero-order valence-electron chi connectivity index (χ0n) is 12.2. The zero-order chi connectivity index (χ0) is 16.1. The van der Waals surface area contributed by atoms with Crippen molar-refractivity contribution in [1.82, 2.24) is 10.2 Å². The minimum Gasteiger partial charge on any atom is -0.359 e. The second kappa shape index (κ2) is 6.65. The molecule has 0 spiro atoms. The highest BCUT2D eigenvalue weighted by Crippen LogP contribution is 2.33. The Labute approximate surface area is 133 Å². The fourth-order valence-corrected chi connectivity index (χ4v) is 2.29. The van der Waals surface area contributed by atoms with E-state index in [1.165, 1.54) is 6.20 Å². The molecule has 0 atom stereocenters. The van der Waals surface area contributed by atoms with Crippen LogP contribution in [0.25, 0.3) is 11.1 Å². The number of benzene rings is 2. The molecule has 0 bridgehead atoms. The van der Waals surface area contributed by atoms with Crippen LogP contribution in [0, 0.1) is 10.1 Å². The molecular formula is C17H14N4O2. The fourth-order valence-electron chi connectivity index (χ4n) is 2.29. The minimum atomic E-state index is -0.426. The van der Waals surface area contributed by atoms with Crippen LogP contribution in [0.5, 0.6) is 0 Å². The Morgan fingerprint density at radius 1 is 1.00 bits per heavy atom. The van der Waals surface area contributed by atoms with Crippen LogP contribution in [0.15, 0.2) is 66.9 Å². The van der Waals surface area contributed by atoms with Gasteiger partial charge in [0.05, 0.1) is 16.7 Å². The van der Waals surface area contributed by atoms with Crippen molar-refractivity contribution in [2.75, 3.05) is 5.32 Å². The molecule has 6 heteroatoms. The first-order valence-corrected chi connectivity index (χ1v) is 7.09. The second-order valence-corrected chi connectivity index (χ2v) is 4.92. The molecule has 3 rings (SSSR count). The number of anilines is 1. The zero-order valence-corrected chi connectivity index (χ0v) is 12.2. The predicted molar refractivity (Wildman–Crippen MR) is 87.9 cm³/mol. The summed E-state index contributed by atoms with van der Waals surface area (Å²) in [5.41, 5.74) is 2.12. The average Bonchev–Trinajstić information content (AvgIpc) is 2.61. The number of nitrogens with zero attached hydrogens (tertiary/aromatic N) is 3. The van der Waals surface area contributed by atoms with Crippen LogP contribution in [0.4, 0.5) is 11.5 Å². The van der Waals surface area contributed by atoms with Crippen molar-refractivity contribution >= 4 is 11.5 Å². The van der Waals surface area contributed by atoms with Crippen molar-refractivity contribution < 1.29 is 4.92 Å². The molecule has 0 saturated carbocycles. The largest absolute Gasteiger partial charge is 0.359 e. The molecule has 0 aliphatic rings. The second-order valence-electron chi connectivity index (χ2n) is 4.92. The Morgan fingerprint density at radius 3 is 2.30 bits per heavy atom. The molecule has 0 fully saturated rings. The molecule has 0 saturated heterocycles. The molecule has 0 unspecified atom stereocenters. The number of hydrogen-bond acceptors (Lipinski definition) is 5. The molecule has 1 heterocycles. The highest BCUT2D eigenvalue weighted by molar-refractivity contribution is 5.79. The Hall–Kier alpha value is -3.28. The van der Waals surface area contributed by atoms with Crippen LogP contribution in [0.1, 0.15) is 5.56 Å². The van der Waals surface area contributed by atoms with Crippen molar-refractivity contribution in [1.29, 1.82) is 0 Å². The minimum absolute atomic E-state index is 0.0675. The summed E-state index contributed by atoms with van der Waals surface area (Å²) < 4.78 is 0. The lowest BCUT2D eigenvalue weighted by atomic mass is 10.1. The predicted octanol–water partition coefficient (Wildman–Crippen LogP) is 3.66. The van der Waals surface area contributed by atoms with Crippen molar-refractivity contribution in [3.8, 4) is 11.1 Å². The lowest BCUT2D eigenvalue weighted by Gasteiger charge is -2.08. The van der Waals surface area contributed by atoms with Gasteiger partial charge in [0.25, 0.3) is 0 Å². The Morgan fingerprint density at radius 2 is 1.65 bits per heavy atom. The van der Waals surface area contributed by atoms with Crippen molar-refractivity contribution in [3.63, 3.8) is 0 Å². The third-order valence-electron chi connectivity index (χ3n) is 3.39. The summed E-state index contributed by atoms with van der Waals surface area (Å²) in [6.07, 6.45) is 1.42. The van der Waals surface area contributed by atoms with Crippen LogP contribution >= 0.6 is 0 Å². The number of hydrogen-bond donors (Lipinski definition) is 1. The van der Waals surface area contributed by atoms with E-state index in [0.717, 1.165) is 11.1 Å². The van der Waals surface area contributed by atoms with Crippen LogP contribution < -0.4 is 5.32 Å². The van der Waals surface area contributed by atoms with Crippen LogP contribution in [-0.2, 0) is 6.54 Å². The number of rotatable bonds is 5.